The number of H-pyrrole nitrogens is 1. The number of amides is 1. The van der Waals surface area contributed by atoms with E-state index in [1.54, 1.807) is 23.2 Å². The van der Waals surface area contributed by atoms with Gasteiger partial charge < -0.3 is 15.0 Å². The Labute approximate surface area is 147 Å². The predicted octanol–water partition coefficient (Wildman–Crippen LogP) is 1.80. The number of nitrogens with one attached hydrogen (secondary N) is 2. The fraction of sp³-hybridized carbons (Fsp3) is 0.529. The van der Waals surface area contributed by atoms with Crippen molar-refractivity contribution in [3.63, 3.8) is 0 Å². The van der Waals surface area contributed by atoms with Crippen LogP contribution in [0.4, 0.5) is 5.82 Å². The number of ether oxygens (including phenoxy) is 1. The molecule has 1 aliphatic rings. The molecule has 134 valence electrons. The normalized spacial score (nSPS) is 17.8. The molecular formula is C17H24N6O2. The van der Waals surface area contributed by atoms with Crippen molar-refractivity contribution in [2.45, 2.75) is 39.3 Å². The summed E-state index contributed by atoms with van der Waals surface area (Å²) in [6.07, 6.45) is 2.15. The SMILES string of the molecule is CCc1nc([C@H]2CN(C(=O)c3cccnc3NC(C)C)CCO2)n[nH]1. The first kappa shape index (κ1) is 17.3. The Bertz CT molecular complexity index is 729. The molecule has 0 bridgehead atoms. The quantitative estimate of drug-likeness (QED) is 0.858. The number of carbonyl (C=O) groups is 1. The molecule has 1 atom stereocenters. The highest BCUT2D eigenvalue weighted by atomic mass is 16.5. The maximum Gasteiger partial charge on any atom is 0.257 e. The first-order chi connectivity index (χ1) is 12.1. The van der Waals surface area contributed by atoms with Crippen molar-refractivity contribution in [1.82, 2.24) is 25.1 Å². The third-order valence-electron chi connectivity index (χ3n) is 3.99. The van der Waals surface area contributed by atoms with Crippen LogP contribution in [-0.2, 0) is 11.2 Å². The molecule has 0 unspecified atom stereocenters. The Hall–Kier alpha value is -2.48. The summed E-state index contributed by atoms with van der Waals surface area (Å²) in [6.45, 7) is 7.46. The van der Waals surface area contributed by atoms with Gasteiger partial charge in [-0.3, -0.25) is 9.89 Å². The third kappa shape index (κ3) is 3.96. The lowest BCUT2D eigenvalue weighted by atomic mass is 10.1. The van der Waals surface area contributed by atoms with Crippen molar-refractivity contribution in [1.29, 1.82) is 0 Å². The van der Waals surface area contributed by atoms with Crippen molar-refractivity contribution in [2.24, 2.45) is 0 Å². The van der Waals surface area contributed by atoms with Crippen molar-refractivity contribution in [3.05, 3.63) is 35.5 Å². The summed E-state index contributed by atoms with van der Waals surface area (Å²) in [5.74, 6) is 1.96. The van der Waals surface area contributed by atoms with E-state index in [4.69, 9.17) is 4.74 Å². The van der Waals surface area contributed by atoms with E-state index in [1.807, 2.05) is 20.8 Å². The highest BCUT2D eigenvalue weighted by Gasteiger charge is 2.29. The van der Waals surface area contributed by atoms with Crippen LogP contribution >= 0.6 is 0 Å². The van der Waals surface area contributed by atoms with Crippen LogP contribution < -0.4 is 5.32 Å². The van der Waals surface area contributed by atoms with Gasteiger partial charge in [-0.15, -0.1) is 0 Å². The van der Waals surface area contributed by atoms with Crippen LogP contribution in [0.3, 0.4) is 0 Å². The van der Waals surface area contributed by atoms with E-state index in [0.717, 1.165) is 12.2 Å². The van der Waals surface area contributed by atoms with E-state index in [9.17, 15) is 4.79 Å². The Morgan fingerprint density at radius 1 is 1.52 bits per heavy atom. The van der Waals surface area contributed by atoms with E-state index >= 15 is 0 Å². The van der Waals surface area contributed by atoms with Crippen molar-refractivity contribution in [2.75, 3.05) is 25.0 Å². The lowest BCUT2D eigenvalue weighted by Gasteiger charge is -2.32. The zero-order chi connectivity index (χ0) is 17.8. The molecule has 8 nitrogen and oxygen atoms in total. The van der Waals surface area contributed by atoms with E-state index < -0.39 is 0 Å². The van der Waals surface area contributed by atoms with Crippen LogP contribution in [0.2, 0.25) is 0 Å². The second kappa shape index (κ2) is 7.60. The summed E-state index contributed by atoms with van der Waals surface area (Å²) in [5.41, 5.74) is 0.570. The topological polar surface area (TPSA) is 96.0 Å². The minimum Gasteiger partial charge on any atom is -0.367 e. The number of morpholine rings is 1. The first-order valence-corrected chi connectivity index (χ1v) is 8.62. The number of hydrogen-bond acceptors (Lipinski definition) is 6. The van der Waals surface area contributed by atoms with Gasteiger partial charge in [-0.25, -0.2) is 9.97 Å². The highest BCUT2D eigenvalue weighted by molar-refractivity contribution is 5.98. The molecule has 25 heavy (non-hydrogen) atoms. The van der Waals surface area contributed by atoms with Gasteiger partial charge in [0.2, 0.25) is 0 Å². The van der Waals surface area contributed by atoms with Gasteiger partial charge in [-0.2, -0.15) is 5.10 Å². The average molecular weight is 344 g/mol. The molecule has 1 aliphatic heterocycles. The number of hydrogen-bond donors (Lipinski definition) is 2. The monoisotopic (exact) mass is 344 g/mol. The first-order valence-electron chi connectivity index (χ1n) is 8.62. The largest absolute Gasteiger partial charge is 0.367 e. The fourth-order valence-corrected chi connectivity index (χ4v) is 2.74. The van der Waals surface area contributed by atoms with Crippen molar-refractivity contribution in [3.8, 4) is 0 Å². The van der Waals surface area contributed by atoms with Gasteiger partial charge >= 0.3 is 0 Å². The second-order valence-electron chi connectivity index (χ2n) is 6.30. The summed E-state index contributed by atoms with van der Waals surface area (Å²) in [4.78, 5) is 23.5. The molecule has 2 aromatic heterocycles. The summed E-state index contributed by atoms with van der Waals surface area (Å²) < 4.78 is 5.76. The number of aromatic nitrogens is 4. The molecule has 1 saturated heterocycles. The molecule has 0 aromatic carbocycles. The zero-order valence-electron chi connectivity index (χ0n) is 14.8. The molecule has 1 amide bonds. The molecule has 3 rings (SSSR count). The third-order valence-corrected chi connectivity index (χ3v) is 3.99. The number of aromatic amines is 1. The Balaban J connectivity index is 1.76. The van der Waals surface area contributed by atoms with Crippen LogP contribution in [0.15, 0.2) is 18.3 Å². The minimum atomic E-state index is -0.313. The zero-order valence-corrected chi connectivity index (χ0v) is 14.8. The van der Waals surface area contributed by atoms with E-state index in [2.05, 4.69) is 25.5 Å². The van der Waals surface area contributed by atoms with Gasteiger partial charge in [-0.05, 0) is 26.0 Å². The Morgan fingerprint density at radius 3 is 3.08 bits per heavy atom. The number of carbonyl (C=O) groups excluding carboxylic acids is 1. The summed E-state index contributed by atoms with van der Waals surface area (Å²) >= 11 is 0. The van der Waals surface area contributed by atoms with Crippen molar-refractivity contribution < 1.29 is 9.53 Å². The number of rotatable bonds is 5. The maximum absolute atomic E-state index is 13.0. The van der Waals surface area contributed by atoms with Gasteiger partial charge in [0.05, 0.1) is 18.7 Å². The highest BCUT2D eigenvalue weighted by Crippen LogP contribution is 2.22. The number of anilines is 1. The standard InChI is InChI=1S/C17H24N6O2/c1-4-14-20-16(22-21-14)13-10-23(8-9-25-13)17(24)12-6-5-7-18-15(12)19-11(2)3/h5-7,11,13H,4,8-10H2,1-3H3,(H,18,19)(H,20,21,22)/t13-/m1/s1. The lowest BCUT2D eigenvalue weighted by Crippen LogP contribution is -2.42. The smallest absolute Gasteiger partial charge is 0.257 e. The van der Waals surface area contributed by atoms with Gasteiger partial charge in [0.1, 0.15) is 17.7 Å². The van der Waals surface area contributed by atoms with Gasteiger partial charge in [0.25, 0.3) is 5.91 Å². The predicted molar refractivity (Wildman–Crippen MR) is 93.4 cm³/mol. The van der Waals surface area contributed by atoms with Gasteiger partial charge in [-0.1, -0.05) is 6.92 Å². The van der Waals surface area contributed by atoms with Crippen molar-refractivity contribution >= 4 is 11.7 Å². The molecule has 0 saturated carbocycles. The van der Waals surface area contributed by atoms with Gasteiger partial charge in [0.15, 0.2) is 5.82 Å². The lowest BCUT2D eigenvalue weighted by molar-refractivity contribution is -0.0266. The molecule has 0 aliphatic carbocycles. The van der Waals surface area contributed by atoms with E-state index in [0.29, 0.717) is 36.9 Å². The van der Waals surface area contributed by atoms with E-state index in [-0.39, 0.29) is 18.1 Å². The average Bonchev–Trinajstić information content (AvgIpc) is 3.10. The van der Waals surface area contributed by atoms with Crippen LogP contribution in [0.25, 0.3) is 0 Å². The van der Waals surface area contributed by atoms with Crippen LogP contribution in [0.1, 0.15) is 48.9 Å². The van der Waals surface area contributed by atoms with Gasteiger partial charge in [0, 0.05) is 25.2 Å². The molecule has 8 heteroatoms. The summed E-state index contributed by atoms with van der Waals surface area (Å²) in [5, 5.41) is 10.3. The minimum absolute atomic E-state index is 0.0594. The van der Waals surface area contributed by atoms with Crippen LogP contribution in [-0.4, -0.2) is 56.7 Å². The Morgan fingerprint density at radius 2 is 2.36 bits per heavy atom. The number of pyridine rings is 1. The second-order valence-corrected chi connectivity index (χ2v) is 6.30. The Kier molecular flexibility index (Phi) is 5.28. The van der Waals surface area contributed by atoms with E-state index in [1.165, 1.54) is 0 Å². The molecule has 0 spiro atoms. The maximum atomic E-state index is 13.0. The molecule has 0 radical (unpaired) electrons. The summed E-state index contributed by atoms with van der Waals surface area (Å²) in [7, 11) is 0. The molecule has 2 N–H and O–H groups in total. The number of aryl methyl sites for hydroxylation is 1. The van der Waals surface area contributed by atoms with Crippen LogP contribution in [0, 0.1) is 0 Å². The summed E-state index contributed by atoms with van der Waals surface area (Å²) in [6, 6.07) is 3.77. The number of nitrogens with zero attached hydrogens (tertiary/aromatic N) is 4. The molecule has 1 fully saturated rings. The molecular weight excluding hydrogens is 320 g/mol. The molecule has 3 heterocycles. The van der Waals surface area contributed by atoms with Crippen LogP contribution in [0.5, 0.6) is 0 Å². The molecule has 2 aromatic rings. The fourth-order valence-electron chi connectivity index (χ4n) is 2.74.